The molecule has 0 atom stereocenters. The SMILES string of the molecule is CC(C)(C)c1ccc(Oc2c(C(F)(F)F)oc3c(CN4CCN(Cc5ccccc5)CC4)c(O)ccc3c2=O)cc1. The maximum Gasteiger partial charge on any atom is 0.453 e. The smallest absolute Gasteiger partial charge is 0.453 e. The standard InChI is InChI=1S/C32H33F3N2O4/c1-31(2,3)22-9-11-23(12-10-22)40-29-27(39)24-13-14-26(38)25(28(24)41-30(29)32(33,34)35)20-37-17-15-36(16-18-37)19-21-7-5-4-6-8-21/h4-14,38H,15-20H2,1-3H3. The van der Waals surface area contributed by atoms with Crippen LogP contribution in [-0.2, 0) is 24.7 Å². The maximum atomic E-state index is 14.2. The van der Waals surface area contributed by atoms with Crippen molar-refractivity contribution in [3.63, 3.8) is 0 Å². The Balaban J connectivity index is 1.43. The summed E-state index contributed by atoms with van der Waals surface area (Å²) in [6.07, 6.45) is -5.00. The lowest BCUT2D eigenvalue weighted by molar-refractivity contribution is -0.154. The molecule has 0 amide bonds. The van der Waals surface area contributed by atoms with E-state index in [-0.39, 0.29) is 40.0 Å². The van der Waals surface area contributed by atoms with Crippen LogP contribution in [-0.4, -0.2) is 41.1 Å². The lowest BCUT2D eigenvalue weighted by atomic mass is 9.87. The van der Waals surface area contributed by atoms with E-state index >= 15 is 0 Å². The number of aromatic hydroxyl groups is 1. The third-order valence-corrected chi connectivity index (χ3v) is 7.39. The number of nitrogens with zero attached hydrogens (tertiary/aromatic N) is 2. The normalized spacial score (nSPS) is 15.4. The average Bonchev–Trinajstić information content (AvgIpc) is 2.92. The van der Waals surface area contributed by atoms with Gasteiger partial charge in [0.15, 0.2) is 0 Å². The van der Waals surface area contributed by atoms with Gasteiger partial charge in [0, 0.05) is 39.3 Å². The van der Waals surface area contributed by atoms with Crippen LogP contribution >= 0.6 is 0 Å². The van der Waals surface area contributed by atoms with Crippen LogP contribution in [0, 0.1) is 0 Å². The summed E-state index contributed by atoms with van der Waals surface area (Å²) < 4.78 is 53.5. The van der Waals surface area contributed by atoms with Crippen LogP contribution in [0.1, 0.15) is 43.2 Å². The molecule has 1 aliphatic heterocycles. The van der Waals surface area contributed by atoms with Crippen molar-refractivity contribution >= 4 is 11.0 Å². The van der Waals surface area contributed by atoms with Crippen LogP contribution in [0.5, 0.6) is 17.2 Å². The third kappa shape index (κ3) is 6.41. The van der Waals surface area contributed by atoms with Crippen LogP contribution in [0.4, 0.5) is 13.2 Å². The fourth-order valence-electron chi connectivity index (χ4n) is 5.03. The zero-order chi connectivity index (χ0) is 29.4. The van der Waals surface area contributed by atoms with Gasteiger partial charge in [-0.15, -0.1) is 0 Å². The number of fused-ring (bicyclic) bond motifs is 1. The molecule has 1 aliphatic rings. The molecule has 1 aromatic heterocycles. The van der Waals surface area contributed by atoms with Crippen LogP contribution in [0.2, 0.25) is 0 Å². The minimum Gasteiger partial charge on any atom is -0.507 e. The van der Waals surface area contributed by atoms with Gasteiger partial charge in [-0.2, -0.15) is 13.2 Å². The topological polar surface area (TPSA) is 66.2 Å². The second kappa shape index (κ2) is 11.2. The Morgan fingerprint density at radius 3 is 2.05 bits per heavy atom. The molecule has 0 bridgehead atoms. The molecule has 1 fully saturated rings. The summed E-state index contributed by atoms with van der Waals surface area (Å²) in [5, 5.41) is 10.6. The van der Waals surface area contributed by atoms with Crippen molar-refractivity contribution in [2.75, 3.05) is 26.2 Å². The first-order valence-corrected chi connectivity index (χ1v) is 13.6. The Morgan fingerprint density at radius 2 is 1.46 bits per heavy atom. The zero-order valence-electron chi connectivity index (χ0n) is 23.3. The maximum absolute atomic E-state index is 14.2. The van der Waals surface area contributed by atoms with Gasteiger partial charge < -0.3 is 14.3 Å². The Kier molecular flexibility index (Phi) is 7.85. The summed E-state index contributed by atoms with van der Waals surface area (Å²) in [5.74, 6) is -2.61. The van der Waals surface area contributed by atoms with Crippen molar-refractivity contribution < 1.29 is 27.4 Å². The summed E-state index contributed by atoms with van der Waals surface area (Å²) in [6.45, 7) is 9.78. The van der Waals surface area contributed by atoms with Crippen LogP contribution in [0.3, 0.4) is 0 Å². The van der Waals surface area contributed by atoms with Gasteiger partial charge in [0.05, 0.1) is 10.9 Å². The first-order valence-electron chi connectivity index (χ1n) is 13.6. The molecule has 2 heterocycles. The predicted octanol–water partition coefficient (Wildman–Crippen LogP) is 6.93. The lowest BCUT2D eigenvalue weighted by Gasteiger charge is -2.34. The van der Waals surface area contributed by atoms with E-state index in [9.17, 15) is 23.1 Å². The van der Waals surface area contributed by atoms with E-state index in [4.69, 9.17) is 9.15 Å². The molecule has 0 unspecified atom stereocenters. The number of piperazine rings is 1. The van der Waals surface area contributed by atoms with Gasteiger partial charge in [-0.3, -0.25) is 14.6 Å². The van der Waals surface area contributed by atoms with Crippen molar-refractivity contribution in [2.24, 2.45) is 0 Å². The highest BCUT2D eigenvalue weighted by Crippen LogP contribution is 2.40. The fourth-order valence-corrected chi connectivity index (χ4v) is 5.03. The Morgan fingerprint density at radius 1 is 0.854 bits per heavy atom. The number of phenolic OH excluding ortho intramolecular Hbond substituents is 1. The molecule has 1 N–H and O–H groups in total. The highest BCUT2D eigenvalue weighted by Gasteiger charge is 2.41. The van der Waals surface area contributed by atoms with Crippen LogP contribution in [0.15, 0.2) is 75.9 Å². The fraction of sp³-hybridized carbons (Fsp3) is 0.344. The van der Waals surface area contributed by atoms with E-state index in [0.29, 0.717) is 13.1 Å². The van der Waals surface area contributed by atoms with E-state index in [1.54, 1.807) is 12.1 Å². The summed E-state index contributed by atoms with van der Waals surface area (Å²) in [7, 11) is 0. The summed E-state index contributed by atoms with van der Waals surface area (Å²) >= 11 is 0. The second-order valence-corrected chi connectivity index (χ2v) is 11.4. The van der Waals surface area contributed by atoms with Crippen molar-refractivity contribution in [3.05, 3.63) is 99.4 Å². The molecule has 0 aliphatic carbocycles. The van der Waals surface area contributed by atoms with E-state index in [2.05, 4.69) is 17.0 Å². The highest BCUT2D eigenvalue weighted by molar-refractivity contribution is 5.83. The van der Waals surface area contributed by atoms with Gasteiger partial charge in [-0.1, -0.05) is 63.2 Å². The van der Waals surface area contributed by atoms with E-state index in [0.717, 1.165) is 25.2 Å². The second-order valence-electron chi connectivity index (χ2n) is 11.4. The highest BCUT2D eigenvalue weighted by atomic mass is 19.4. The van der Waals surface area contributed by atoms with Crippen molar-refractivity contribution in [1.29, 1.82) is 0 Å². The number of rotatable bonds is 6. The lowest BCUT2D eigenvalue weighted by Crippen LogP contribution is -2.45. The number of ether oxygens (including phenoxy) is 1. The molecule has 3 aromatic carbocycles. The van der Waals surface area contributed by atoms with Gasteiger partial charge in [-0.05, 0) is 40.8 Å². The molecule has 0 spiro atoms. The average molecular weight is 567 g/mol. The van der Waals surface area contributed by atoms with Gasteiger partial charge in [0.2, 0.25) is 11.2 Å². The molecule has 41 heavy (non-hydrogen) atoms. The summed E-state index contributed by atoms with van der Waals surface area (Å²) in [6, 6.07) is 19.3. The molecule has 6 nitrogen and oxygen atoms in total. The molecular weight excluding hydrogens is 533 g/mol. The van der Waals surface area contributed by atoms with Crippen LogP contribution in [0.25, 0.3) is 11.0 Å². The quantitative estimate of drug-likeness (QED) is 0.273. The zero-order valence-corrected chi connectivity index (χ0v) is 23.3. The monoisotopic (exact) mass is 566 g/mol. The van der Waals surface area contributed by atoms with Crippen LogP contribution < -0.4 is 10.2 Å². The third-order valence-electron chi connectivity index (χ3n) is 7.39. The molecule has 216 valence electrons. The van der Waals surface area contributed by atoms with E-state index < -0.39 is 23.1 Å². The molecule has 0 saturated carbocycles. The molecule has 0 radical (unpaired) electrons. The van der Waals surface area contributed by atoms with E-state index in [1.165, 1.54) is 29.8 Å². The minimum absolute atomic E-state index is 0.0857. The van der Waals surface area contributed by atoms with Crippen molar-refractivity contribution in [2.45, 2.75) is 45.5 Å². The Labute approximate surface area is 236 Å². The molecule has 4 aromatic rings. The first-order chi connectivity index (χ1) is 19.4. The number of phenols is 1. The Hall–Kier alpha value is -3.82. The molecule has 5 rings (SSSR count). The van der Waals surface area contributed by atoms with Crippen molar-refractivity contribution in [3.8, 4) is 17.2 Å². The van der Waals surface area contributed by atoms with Gasteiger partial charge >= 0.3 is 6.18 Å². The molecule has 9 heteroatoms. The summed E-state index contributed by atoms with van der Waals surface area (Å²) in [4.78, 5) is 17.7. The molecular formula is C32H33F3N2O4. The molecule has 1 saturated heterocycles. The predicted molar refractivity (Wildman–Crippen MR) is 151 cm³/mol. The Bertz CT molecular complexity index is 1570. The number of hydrogen-bond acceptors (Lipinski definition) is 6. The van der Waals surface area contributed by atoms with E-state index in [1.807, 2.05) is 43.9 Å². The van der Waals surface area contributed by atoms with Gasteiger partial charge in [-0.25, -0.2) is 0 Å². The summed E-state index contributed by atoms with van der Waals surface area (Å²) in [5.41, 5.74) is 0.911. The largest absolute Gasteiger partial charge is 0.507 e. The number of alkyl halides is 3. The van der Waals surface area contributed by atoms with Gasteiger partial charge in [0.1, 0.15) is 17.1 Å². The van der Waals surface area contributed by atoms with Gasteiger partial charge in [0.25, 0.3) is 5.76 Å². The number of benzene rings is 3. The minimum atomic E-state index is -5.00. The first kappa shape index (κ1) is 28.7. The number of halogens is 3. The van der Waals surface area contributed by atoms with Crippen molar-refractivity contribution in [1.82, 2.24) is 9.80 Å². The number of hydrogen-bond donors (Lipinski definition) is 1.